The lowest BCUT2D eigenvalue weighted by molar-refractivity contribution is -0.126. The molecular weight excluding hydrogens is 218 g/mol. The van der Waals surface area contributed by atoms with E-state index < -0.39 is 0 Å². The van der Waals surface area contributed by atoms with E-state index in [-0.39, 0.29) is 23.6 Å². The summed E-state index contributed by atoms with van der Waals surface area (Å²) in [5, 5.41) is 14.4. The molecule has 2 aliphatic carbocycles. The fourth-order valence-corrected chi connectivity index (χ4v) is 3.15. The Morgan fingerprint density at radius 2 is 2.29 bits per heavy atom. The zero-order valence-electron chi connectivity index (χ0n) is 10.2. The van der Waals surface area contributed by atoms with Crippen LogP contribution in [0.25, 0.3) is 0 Å². The van der Waals surface area contributed by atoms with Gasteiger partial charge >= 0.3 is 0 Å². The summed E-state index contributed by atoms with van der Waals surface area (Å²) in [5.74, 6) is 1.76. The maximum Gasteiger partial charge on any atom is 0.223 e. The average molecular weight is 239 g/mol. The summed E-state index contributed by atoms with van der Waals surface area (Å²) in [6.07, 6.45) is 4.79. The van der Waals surface area contributed by atoms with Crippen molar-refractivity contribution in [1.82, 2.24) is 5.32 Å². The minimum absolute atomic E-state index is 0.123. The molecular formula is C12H21N3O2. The van der Waals surface area contributed by atoms with Crippen LogP contribution in [-0.2, 0) is 4.79 Å². The fourth-order valence-electron chi connectivity index (χ4n) is 3.15. The number of nitrogens with one attached hydrogen (secondary N) is 1. The lowest BCUT2D eigenvalue weighted by Gasteiger charge is -2.21. The van der Waals surface area contributed by atoms with Crippen LogP contribution in [0.1, 0.15) is 32.6 Å². The van der Waals surface area contributed by atoms with Crippen LogP contribution >= 0.6 is 0 Å². The van der Waals surface area contributed by atoms with Crippen molar-refractivity contribution in [2.24, 2.45) is 34.6 Å². The van der Waals surface area contributed by atoms with Gasteiger partial charge in [0.25, 0.3) is 0 Å². The third-order valence-electron chi connectivity index (χ3n) is 4.28. The molecule has 0 radical (unpaired) electrons. The molecule has 5 nitrogen and oxygen atoms in total. The lowest BCUT2D eigenvalue weighted by Crippen LogP contribution is -2.39. The Morgan fingerprint density at radius 3 is 2.82 bits per heavy atom. The molecule has 0 aromatic rings. The van der Waals surface area contributed by atoms with Crippen LogP contribution in [0.15, 0.2) is 5.16 Å². The quantitative estimate of drug-likeness (QED) is 0.295. The molecule has 2 fully saturated rings. The summed E-state index contributed by atoms with van der Waals surface area (Å²) < 4.78 is 0. The molecule has 0 heterocycles. The summed E-state index contributed by atoms with van der Waals surface area (Å²) >= 11 is 0. The van der Waals surface area contributed by atoms with E-state index in [4.69, 9.17) is 10.9 Å². The van der Waals surface area contributed by atoms with Crippen molar-refractivity contribution in [3.63, 3.8) is 0 Å². The number of fused-ring (bicyclic) bond motifs is 2. The van der Waals surface area contributed by atoms with E-state index in [2.05, 4.69) is 10.5 Å². The second-order valence-electron chi connectivity index (χ2n) is 5.45. The maximum atomic E-state index is 12.0. The standard InChI is InChI=1S/C12H21N3O2/c1-7(11(13)15-17)6-14-12(16)10-5-8-2-3-9(10)4-8/h7-10,17H,2-6H2,1H3,(H2,13,15)(H,14,16). The molecule has 1 amide bonds. The number of nitrogens with two attached hydrogens (primary N) is 1. The first-order valence-corrected chi connectivity index (χ1v) is 6.37. The van der Waals surface area contributed by atoms with Crippen molar-refractivity contribution >= 4 is 11.7 Å². The monoisotopic (exact) mass is 239 g/mol. The SMILES string of the molecule is CC(CNC(=O)C1CC2CCC1C2)/C(N)=N/O. The molecule has 5 heteroatoms. The number of hydrogen-bond acceptors (Lipinski definition) is 3. The summed E-state index contributed by atoms with van der Waals surface area (Å²) in [6, 6.07) is 0. The zero-order valence-corrected chi connectivity index (χ0v) is 10.2. The normalized spacial score (nSPS) is 33.7. The molecule has 96 valence electrons. The molecule has 0 saturated heterocycles. The number of nitrogens with zero attached hydrogens (tertiary/aromatic N) is 1. The van der Waals surface area contributed by atoms with Gasteiger partial charge in [-0.25, -0.2) is 0 Å². The van der Waals surface area contributed by atoms with E-state index in [1.807, 2.05) is 6.92 Å². The van der Waals surface area contributed by atoms with Gasteiger partial charge in [0, 0.05) is 18.4 Å². The van der Waals surface area contributed by atoms with Gasteiger partial charge in [-0.15, -0.1) is 0 Å². The van der Waals surface area contributed by atoms with Crippen molar-refractivity contribution in [2.75, 3.05) is 6.54 Å². The van der Waals surface area contributed by atoms with Crippen molar-refractivity contribution in [2.45, 2.75) is 32.6 Å². The van der Waals surface area contributed by atoms with E-state index in [1.165, 1.54) is 19.3 Å². The number of amidine groups is 1. The second kappa shape index (κ2) is 4.94. The number of carbonyl (C=O) groups is 1. The van der Waals surface area contributed by atoms with Gasteiger partial charge in [-0.1, -0.05) is 18.5 Å². The molecule has 0 spiro atoms. The Labute approximate surface area is 101 Å². The highest BCUT2D eigenvalue weighted by molar-refractivity contribution is 5.84. The third-order valence-corrected chi connectivity index (χ3v) is 4.28. The minimum Gasteiger partial charge on any atom is -0.409 e. The number of rotatable bonds is 4. The van der Waals surface area contributed by atoms with Crippen LogP contribution in [0.5, 0.6) is 0 Å². The maximum absolute atomic E-state index is 12.0. The van der Waals surface area contributed by atoms with Gasteiger partial charge in [0.05, 0.1) is 0 Å². The zero-order chi connectivity index (χ0) is 12.4. The van der Waals surface area contributed by atoms with E-state index in [9.17, 15) is 4.79 Å². The number of amides is 1. The van der Waals surface area contributed by atoms with Gasteiger partial charge in [-0.2, -0.15) is 0 Å². The molecule has 0 aromatic heterocycles. The van der Waals surface area contributed by atoms with Crippen molar-refractivity contribution < 1.29 is 10.0 Å². The summed E-state index contributed by atoms with van der Waals surface area (Å²) in [4.78, 5) is 12.0. The summed E-state index contributed by atoms with van der Waals surface area (Å²) in [5.41, 5.74) is 5.47. The van der Waals surface area contributed by atoms with Crippen LogP contribution < -0.4 is 11.1 Å². The molecule has 2 aliphatic rings. The highest BCUT2D eigenvalue weighted by Crippen LogP contribution is 2.48. The number of oxime groups is 1. The average Bonchev–Trinajstić information content (AvgIpc) is 2.96. The predicted octanol–water partition coefficient (Wildman–Crippen LogP) is 0.921. The number of hydrogen-bond donors (Lipinski definition) is 3. The van der Waals surface area contributed by atoms with Gasteiger partial charge in [0.2, 0.25) is 5.91 Å². The molecule has 4 unspecified atom stereocenters. The molecule has 2 saturated carbocycles. The van der Waals surface area contributed by atoms with Gasteiger partial charge in [0.15, 0.2) is 0 Å². The molecule has 0 aromatic carbocycles. The van der Waals surface area contributed by atoms with E-state index in [0.717, 1.165) is 12.3 Å². The Bertz CT molecular complexity index is 330. The first kappa shape index (κ1) is 12.2. The van der Waals surface area contributed by atoms with E-state index >= 15 is 0 Å². The van der Waals surface area contributed by atoms with E-state index in [0.29, 0.717) is 12.5 Å². The Morgan fingerprint density at radius 1 is 1.53 bits per heavy atom. The highest BCUT2D eigenvalue weighted by atomic mass is 16.4. The molecule has 0 aliphatic heterocycles. The van der Waals surface area contributed by atoms with Gasteiger partial charge < -0.3 is 16.3 Å². The lowest BCUT2D eigenvalue weighted by atomic mass is 9.88. The van der Waals surface area contributed by atoms with Gasteiger partial charge in [-0.05, 0) is 31.1 Å². The molecule has 2 bridgehead atoms. The van der Waals surface area contributed by atoms with Crippen molar-refractivity contribution in [3.8, 4) is 0 Å². The number of carbonyl (C=O) groups excluding carboxylic acids is 1. The van der Waals surface area contributed by atoms with Gasteiger partial charge in [0.1, 0.15) is 5.84 Å². The first-order valence-electron chi connectivity index (χ1n) is 6.37. The summed E-state index contributed by atoms with van der Waals surface area (Å²) in [6.45, 7) is 2.28. The van der Waals surface area contributed by atoms with Gasteiger partial charge in [-0.3, -0.25) is 4.79 Å². The predicted molar refractivity (Wildman–Crippen MR) is 64.5 cm³/mol. The van der Waals surface area contributed by atoms with Crippen LogP contribution in [-0.4, -0.2) is 23.5 Å². The Hall–Kier alpha value is -1.26. The molecule has 4 atom stereocenters. The molecule has 17 heavy (non-hydrogen) atoms. The van der Waals surface area contributed by atoms with Crippen LogP contribution in [0.4, 0.5) is 0 Å². The van der Waals surface area contributed by atoms with Crippen molar-refractivity contribution in [1.29, 1.82) is 0 Å². The van der Waals surface area contributed by atoms with Crippen LogP contribution in [0, 0.1) is 23.7 Å². The Balaban J connectivity index is 1.78. The molecule has 2 rings (SSSR count). The Kier molecular flexibility index (Phi) is 3.54. The highest BCUT2D eigenvalue weighted by Gasteiger charge is 2.42. The van der Waals surface area contributed by atoms with E-state index in [1.54, 1.807) is 0 Å². The topological polar surface area (TPSA) is 87.7 Å². The first-order chi connectivity index (χ1) is 8.11. The third kappa shape index (κ3) is 2.53. The van der Waals surface area contributed by atoms with Crippen LogP contribution in [0.2, 0.25) is 0 Å². The largest absolute Gasteiger partial charge is 0.409 e. The second-order valence-corrected chi connectivity index (χ2v) is 5.45. The summed E-state index contributed by atoms with van der Waals surface area (Å²) in [7, 11) is 0. The smallest absolute Gasteiger partial charge is 0.223 e. The minimum atomic E-state index is -0.123. The fraction of sp³-hybridized carbons (Fsp3) is 0.833. The van der Waals surface area contributed by atoms with Crippen molar-refractivity contribution in [3.05, 3.63) is 0 Å². The van der Waals surface area contributed by atoms with Crippen LogP contribution in [0.3, 0.4) is 0 Å². The molecule has 4 N–H and O–H groups in total.